The second-order valence-corrected chi connectivity index (χ2v) is 3.52. The summed E-state index contributed by atoms with van der Waals surface area (Å²) in [5.74, 6) is 0.113. The zero-order valence-electron chi connectivity index (χ0n) is 8.60. The normalized spacial score (nSPS) is 12.7. The van der Waals surface area contributed by atoms with Crippen LogP contribution in [0, 0.1) is 13.8 Å². The van der Waals surface area contributed by atoms with E-state index in [1.165, 1.54) is 6.39 Å². The monoisotopic (exact) mass is 203 g/mol. The van der Waals surface area contributed by atoms with E-state index < -0.39 is 6.10 Å². The van der Waals surface area contributed by atoms with Crippen molar-refractivity contribution in [2.45, 2.75) is 20.0 Å². The van der Waals surface area contributed by atoms with Crippen LogP contribution in [0.4, 0.5) is 0 Å². The van der Waals surface area contributed by atoms with Crippen LogP contribution in [0.1, 0.15) is 28.7 Å². The van der Waals surface area contributed by atoms with Crippen LogP contribution in [-0.4, -0.2) is 10.2 Å². The van der Waals surface area contributed by atoms with Crippen LogP contribution in [0.5, 0.6) is 0 Å². The first kappa shape index (κ1) is 9.86. The molecular weight excluding hydrogens is 192 g/mol. The maximum atomic E-state index is 11.9. The Morgan fingerprint density at radius 1 is 1.33 bits per heavy atom. The van der Waals surface area contributed by atoms with E-state index in [-0.39, 0.29) is 5.89 Å². The summed E-state index contributed by atoms with van der Waals surface area (Å²) in [4.78, 5) is 0. The largest absolute Gasteiger partial charge is 0.425 e. The van der Waals surface area contributed by atoms with Gasteiger partial charge in [0, 0.05) is 0 Å². The smallest absolute Gasteiger partial charge is 0.252 e. The molecule has 4 nitrogen and oxygen atoms in total. The van der Waals surface area contributed by atoms with Crippen LogP contribution < -0.4 is 0 Å². The van der Waals surface area contributed by atoms with Crippen molar-refractivity contribution in [1.29, 1.82) is 0 Å². The number of hydrogen-bond donors (Lipinski definition) is 0. The fourth-order valence-electron chi connectivity index (χ4n) is 1.55. The van der Waals surface area contributed by atoms with Crippen molar-refractivity contribution >= 4 is 0 Å². The van der Waals surface area contributed by atoms with Gasteiger partial charge in [-0.05, 0) is 25.0 Å². The highest BCUT2D eigenvalue weighted by atomic mass is 16.4. The first-order valence-corrected chi connectivity index (χ1v) is 4.67. The van der Waals surface area contributed by atoms with Crippen molar-refractivity contribution < 1.29 is 9.52 Å². The Bertz CT molecular complexity index is 452. The first-order chi connectivity index (χ1) is 7.18. The molecule has 0 amide bonds. The van der Waals surface area contributed by atoms with Gasteiger partial charge in [-0.3, -0.25) is 0 Å². The molecule has 0 aliphatic rings. The average molecular weight is 203 g/mol. The van der Waals surface area contributed by atoms with Crippen molar-refractivity contribution in [3.05, 3.63) is 47.2 Å². The second-order valence-electron chi connectivity index (χ2n) is 3.52. The minimum absolute atomic E-state index is 0.113. The highest BCUT2D eigenvalue weighted by Crippen LogP contribution is 2.24. The Hall–Kier alpha value is -1.68. The average Bonchev–Trinajstić information content (AvgIpc) is 2.69. The van der Waals surface area contributed by atoms with Gasteiger partial charge in [-0.25, -0.2) is 5.11 Å². The summed E-state index contributed by atoms with van der Waals surface area (Å²) in [6.07, 6.45) is 0.0807. The number of benzene rings is 1. The van der Waals surface area contributed by atoms with E-state index in [4.69, 9.17) is 4.42 Å². The van der Waals surface area contributed by atoms with Gasteiger partial charge in [0.05, 0.1) is 0 Å². The second kappa shape index (κ2) is 3.82. The molecule has 1 aromatic carbocycles. The summed E-state index contributed by atoms with van der Waals surface area (Å²) in [6.45, 7) is 3.90. The van der Waals surface area contributed by atoms with Crippen molar-refractivity contribution in [2.24, 2.45) is 0 Å². The molecule has 0 aliphatic carbocycles. The Morgan fingerprint density at radius 2 is 2.13 bits per heavy atom. The molecular formula is C11H11N2O2. The van der Waals surface area contributed by atoms with Gasteiger partial charge in [0.15, 0.2) is 6.10 Å². The summed E-state index contributed by atoms with van der Waals surface area (Å²) in [5, 5.41) is 19.1. The highest BCUT2D eigenvalue weighted by molar-refractivity contribution is 5.33. The molecule has 0 N–H and O–H groups in total. The summed E-state index contributed by atoms with van der Waals surface area (Å²) in [6, 6.07) is 5.69. The summed E-state index contributed by atoms with van der Waals surface area (Å²) in [5.41, 5.74) is 2.77. The molecule has 1 radical (unpaired) electrons. The molecule has 1 atom stereocenters. The zero-order valence-corrected chi connectivity index (χ0v) is 8.60. The number of nitrogens with zero attached hydrogens (tertiary/aromatic N) is 2. The molecule has 2 rings (SSSR count). The lowest BCUT2D eigenvalue weighted by molar-refractivity contribution is 0.0978. The van der Waals surface area contributed by atoms with Crippen LogP contribution in [0.3, 0.4) is 0 Å². The van der Waals surface area contributed by atoms with E-state index in [1.54, 1.807) is 0 Å². The summed E-state index contributed by atoms with van der Waals surface area (Å²) >= 11 is 0. The van der Waals surface area contributed by atoms with Crippen molar-refractivity contribution in [2.75, 3.05) is 0 Å². The molecule has 0 spiro atoms. The van der Waals surface area contributed by atoms with Crippen molar-refractivity contribution in [3.63, 3.8) is 0 Å². The van der Waals surface area contributed by atoms with Crippen LogP contribution >= 0.6 is 0 Å². The summed E-state index contributed by atoms with van der Waals surface area (Å²) in [7, 11) is 0. The molecule has 77 valence electrons. The standard InChI is InChI=1S/C11H11N2O2/c1-7-3-4-9(8(2)5-7)10(14)11-13-12-6-15-11/h3-6,10H,1-2H3. The number of aromatic nitrogens is 2. The van der Waals surface area contributed by atoms with E-state index in [1.807, 2.05) is 32.0 Å². The van der Waals surface area contributed by atoms with Gasteiger partial charge in [0.1, 0.15) is 0 Å². The van der Waals surface area contributed by atoms with Crippen molar-refractivity contribution in [3.8, 4) is 0 Å². The van der Waals surface area contributed by atoms with E-state index >= 15 is 0 Å². The molecule has 2 aromatic rings. The van der Waals surface area contributed by atoms with Gasteiger partial charge in [-0.15, -0.1) is 10.2 Å². The zero-order chi connectivity index (χ0) is 10.8. The quantitative estimate of drug-likeness (QED) is 0.751. The van der Waals surface area contributed by atoms with Crippen LogP contribution in [0.2, 0.25) is 0 Å². The lowest BCUT2D eigenvalue weighted by atomic mass is 10.0. The van der Waals surface area contributed by atoms with Gasteiger partial charge in [0.2, 0.25) is 6.39 Å². The predicted molar refractivity (Wildman–Crippen MR) is 52.7 cm³/mol. The van der Waals surface area contributed by atoms with Crippen LogP contribution in [-0.2, 0) is 5.11 Å². The molecule has 15 heavy (non-hydrogen) atoms. The molecule has 1 heterocycles. The van der Waals surface area contributed by atoms with Crippen molar-refractivity contribution in [1.82, 2.24) is 10.2 Å². The molecule has 1 unspecified atom stereocenters. The predicted octanol–water partition coefficient (Wildman–Crippen LogP) is 2.21. The molecule has 0 saturated heterocycles. The van der Waals surface area contributed by atoms with Crippen LogP contribution in [0.25, 0.3) is 0 Å². The third kappa shape index (κ3) is 1.89. The summed E-state index contributed by atoms with van der Waals surface area (Å²) < 4.78 is 4.90. The Kier molecular flexibility index (Phi) is 2.51. The molecule has 0 bridgehead atoms. The van der Waals surface area contributed by atoms with E-state index in [9.17, 15) is 5.11 Å². The van der Waals surface area contributed by atoms with Crippen LogP contribution in [0.15, 0.2) is 29.0 Å². The molecule has 0 saturated carbocycles. The first-order valence-electron chi connectivity index (χ1n) is 4.67. The number of aryl methyl sites for hydroxylation is 2. The number of rotatable bonds is 2. The van der Waals surface area contributed by atoms with Gasteiger partial charge in [0.25, 0.3) is 5.89 Å². The maximum Gasteiger partial charge on any atom is 0.252 e. The Morgan fingerprint density at radius 3 is 2.73 bits per heavy atom. The van der Waals surface area contributed by atoms with Gasteiger partial charge in [-0.2, -0.15) is 0 Å². The van der Waals surface area contributed by atoms with Gasteiger partial charge < -0.3 is 4.42 Å². The lowest BCUT2D eigenvalue weighted by Gasteiger charge is -2.08. The minimum atomic E-state index is -1.09. The van der Waals surface area contributed by atoms with E-state index in [0.717, 1.165) is 11.1 Å². The van der Waals surface area contributed by atoms with E-state index in [2.05, 4.69) is 10.2 Å². The fourth-order valence-corrected chi connectivity index (χ4v) is 1.55. The Labute approximate surface area is 87.6 Å². The minimum Gasteiger partial charge on any atom is -0.425 e. The van der Waals surface area contributed by atoms with Gasteiger partial charge >= 0.3 is 0 Å². The SMILES string of the molecule is Cc1ccc(C([O])c2nnco2)c(C)c1. The highest BCUT2D eigenvalue weighted by Gasteiger charge is 2.19. The topological polar surface area (TPSA) is 58.8 Å². The molecule has 0 aliphatic heterocycles. The third-order valence-electron chi connectivity index (χ3n) is 2.31. The number of hydrogen-bond acceptors (Lipinski definition) is 3. The molecule has 0 fully saturated rings. The van der Waals surface area contributed by atoms with E-state index in [0.29, 0.717) is 5.56 Å². The third-order valence-corrected chi connectivity index (χ3v) is 2.31. The molecule has 1 aromatic heterocycles. The van der Waals surface area contributed by atoms with Gasteiger partial charge in [-0.1, -0.05) is 23.8 Å². The lowest BCUT2D eigenvalue weighted by Crippen LogP contribution is -2.01. The maximum absolute atomic E-state index is 11.9. The Balaban J connectivity index is 2.38. The fraction of sp³-hybridized carbons (Fsp3) is 0.273. The molecule has 4 heteroatoms.